The summed E-state index contributed by atoms with van der Waals surface area (Å²) in [5.74, 6) is -0.759. The van der Waals surface area contributed by atoms with Crippen molar-refractivity contribution < 1.29 is 18.7 Å². The summed E-state index contributed by atoms with van der Waals surface area (Å²) >= 11 is 0. The predicted molar refractivity (Wildman–Crippen MR) is 78.7 cm³/mol. The molecule has 0 spiro atoms. The molecule has 2 atom stereocenters. The molecule has 5 nitrogen and oxygen atoms in total. The van der Waals surface area contributed by atoms with Gasteiger partial charge < -0.3 is 15.0 Å². The number of hydrogen-bond acceptors (Lipinski definition) is 3. The van der Waals surface area contributed by atoms with Crippen LogP contribution < -0.4 is 5.32 Å². The number of morpholine rings is 1. The number of nitrogens with one attached hydrogen (secondary N) is 1. The number of carbonyl (C=O) groups excluding carboxylic acids is 2. The van der Waals surface area contributed by atoms with E-state index in [4.69, 9.17) is 4.74 Å². The summed E-state index contributed by atoms with van der Waals surface area (Å²) in [5.41, 5.74) is 0.505. The van der Waals surface area contributed by atoms with Gasteiger partial charge in [0.25, 0.3) is 5.91 Å². The maximum absolute atomic E-state index is 12.8. The maximum Gasteiger partial charge on any atom is 0.252 e. The van der Waals surface area contributed by atoms with Gasteiger partial charge in [-0.25, -0.2) is 4.39 Å². The molecule has 2 aliphatic rings. The molecule has 6 heteroatoms. The molecule has 3 rings (SSSR count). The number of nitrogens with zero attached hydrogens (tertiary/aromatic N) is 1. The zero-order valence-corrected chi connectivity index (χ0v) is 12.3. The molecule has 2 aliphatic heterocycles. The largest absolute Gasteiger partial charge is 0.366 e. The fourth-order valence-corrected chi connectivity index (χ4v) is 3.01. The van der Waals surface area contributed by atoms with Crippen molar-refractivity contribution in [3.05, 3.63) is 30.1 Å². The Morgan fingerprint density at radius 3 is 2.86 bits per heavy atom. The van der Waals surface area contributed by atoms with Gasteiger partial charge in [0.1, 0.15) is 11.9 Å². The highest BCUT2D eigenvalue weighted by Crippen LogP contribution is 2.24. The van der Waals surface area contributed by atoms with E-state index in [0.717, 1.165) is 25.8 Å². The lowest BCUT2D eigenvalue weighted by atomic mass is 9.99. The zero-order valence-electron chi connectivity index (χ0n) is 12.3. The van der Waals surface area contributed by atoms with Crippen LogP contribution in [0, 0.1) is 5.82 Å². The van der Waals surface area contributed by atoms with E-state index in [9.17, 15) is 14.0 Å². The molecule has 22 heavy (non-hydrogen) atoms. The first-order valence-corrected chi connectivity index (χ1v) is 7.61. The minimum absolute atomic E-state index is 0.0145. The van der Waals surface area contributed by atoms with E-state index < -0.39 is 6.10 Å². The van der Waals surface area contributed by atoms with Gasteiger partial charge in [-0.05, 0) is 43.5 Å². The lowest BCUT2D eigenvalue weighted by molar-refractivity contribution is -0.163. The van der Waals surface area contributed by atoms with Gasteiger partial charge in [0.2, 0.25) is 5.91 Å². The van der Waals surface area contributed by atoms with Crippen molar-refractivity contribution in [2.75, 3.05) is 18.5 Å². The summed E-state index contributed by atoms with van der Waals surface area (Å²) in [6.45, 7) is 1.25. The van der Waals surface area contributed by atoms with E-state index >= 15 is 0 Å². The number of halogens is 1. The molecule has 1 N–H and O–H groups in total. The van der Waals surface area contributed by atoms with Crippen LogP contribution in [0.15, 0.2) is 24.3 Å². The second-order valence-corrected chi connectivity index (χ2v) is 5.76. The van der Waals surface area contributed by atoms with E-state index in [-0.39, 0.29) is 30.1 Å². The van der Waals surface area contributed by atoms with Crippen LogP contribution in [0.25, 0.3) is 0 Å². The molecular formula is C16H19FN2O3. The van der Waals surface area contributed by atoms with Gasteiger partial charge >= 0.3 is 0 Å². The quantitative estimate of drug-likeness (QED) is 0.928. The van der Waals surface area contributed by atoms with Crippen molar-refractivity contribution in [1.82, 2.24) is 4.90 Å². The van der Waals surface area contributed by atoms with E-state index in [1.54, 1.807) is 0 Å². The van der Waals surface area contributed by atoms with Crippen molar-refractivity contribution in [2.24, 2.45) is 0 Å². The van der Waals surface area contributed by atoms with Gasteiger partial charge in [-0.3, -0.25) is 9.59 Å². The van der Waals surface area contributed by atoms with Crippen molar-refractivity contribution >= 4 is 17.5 Å². The van der Waals surface area contributed by atoms with Crippen LogP contribution in [0.5, 0.6) is 0 Å². The normalized spacial score (nSPS) is 24.8. The maximum atomic E-state index is 12.8. The molecule has 2 fully saturated rings. The Kier molecular flexibility index (Phi) is 4.38. The molecule has 0 aliphatic carbocycles. The number of hydrogen-bond donors (Lipinski definition) is 1. The second kappa shape index (κ2) is 6.44. The van der Waals surface area contributed by atoms with Crippen molar-refractivity contribution in [3.8, 4) is 0 Å². The second-order valence-electron chi connectivity index (χ2n) is 5.76. The van der Waals surface area contributed by atoms with E-state index in [2.05, 4.69) is 5.32 Å². The van der Waals surface area contributed by atoms with Crippen LogP contribution in [-0.2, 0) is 14.3 Å². The summed E-state index contributed by atoms with van der Waals surface area (Å²) in [5, 5.41) is 2.65. The topological polar surface area (TPSA) is 58.6 Å². The Balaban J connectivity index is 1.57. The SMILES string of the molecule is O=C(C[C@@H]1OC[C@H]2CCCCN2C1=O)Nc1ccc(F)cc1. The summed E-state index contributed by atoms with van der Waals surface area (Å²) in [4.78, 5) is 26.2. The molecule has 2 saturated heterocycles. The van der Waals surface area contributed by atoms with Crippen LogP contribution >= 0.6 is 0 Å². The Hall–Kier alpha value is -1.95. The fourth-order valence-electron chi connectivity index (χ4n) is 3.01. The summed E-state index contributed by atoms with van der Waals surface area (Å²) in [6, 6.07) is 5.68. The van der Waals surface area contributed by atoms with E-state index in [1.807, 2.05) is 4.90 Å². The molecule has 0 radical (unpaired) electrons. The van der Waals surface area contributed by atoms with Crippen molar-refractivity contribution in [1.29, 1.82) is 0 Å². The molecule has 2 heterocycles. The third kappa shape index (κ3) is 3.27. The molecular weight excluding hydrogens is 287 g/mol. The standard InChI is InChI=1S/C16H19FN2O3/c17-11-4-6-12(7-5-11)18-15(20)9-14-16(21)19-8-2-1-3-13(19)10-22-14/h4-7,13-14H,1-3,8-10H2,(H,18,20)/t13-,14+/m1/s1. The highest BCUT2D eigenvalue weighted by Gasteiger charge is 2.38. The molecule has 2 amide bonds. The first-order chi connectivity index (χ1) is 10.6. The molecule has 0 aromatic heterocycles. The first kappa shape index (κ1) is 15.0. The van der Waals surface area contributed by atoms with Gasteiger partial charge in [-0.15, -0.1) is 0 Å². The summed E-state index contributed by atoms with van der Waals surface area (Å²) in [7, 11) is 0. The van der Waals surface area contributed by atoms with Gasteiger partial charge in [0.05, 0.1) is 19.1 Å². The highest BCUT2D eigenvalue weighted by molar-refractivity contribution is 5.95. The average Bonchev–Trinajstić information content (AvgIpc) is 2.53. The Morgan fingerprint density at radius 1 is 1.32 bits per heavy atom. The highest BCUT2D eigenvalue weighted by atomic mass is 19.1. The number of benzene rings is 1. The number of rotatable bonds is 3. The smallest absolute Gasteiger partial charge is 0.252 e. The molecule has 1 aromatic carbocycles. The minimum Gasteiger partial charge on any atom is -0.366 e. The number of carbonyl (C=O) groups is 2. The summed E-state index contributed by atoms with van der Waals surface area (Å²) in [6.07, 6.45) is 2.37. The Morgan fingerprint density at radius 2 is 2.09 bits per heavy atom. The monoisotopic (exact) mass is 306 g/mol. The third-order valence-electron chi connectivity index (χ3n) is 4.17. The molecule has 0 bridgehead atoms. The van der Waals surface area contributed by atoms with E-state index in [0.29, 0.717) is 12.3 Å². The lowest BCUT2D eigenvalue weighted by Gasteiger charge is -2.41. The average molecular weight is 306 g/mol. The fraction of sp³-hybridized carbons (Fsp3) is 0.500. The first-order valence-electron chi connectivity index (χ1n) is 7.61. The van der Waals surface area contributed by atoms with E-state index in [1.165, 1.54) is 24.3 Å². The lowest BCUT2D eigenvalue weighted by Crippen LogP contribution is -2.56. The van der Waals surface area contributed by atoms with Gasteiger partial charge in [0, 0.05) is 12.2 Å². The van der Waals surface area contributed by atoms with Crippen molar-refractivity contribution in [2.45, 2.75) is 37.8 Å². The van der Waals surface area contributed by atoms with Crippen LogP contribution in [0.3, 0.4) is 0 Å². The minimum atomic E-state index is -0.713. The van der Waals surface area contributed by atoms with Crippen LogP contribution in [-0.4, -0.2) is 42.0 Å². The van der Waals surface area contributed by atoms with Crippen molar-refractivity contribution in [3.63, 3.8) is 0 Å². The van der Waals surface area contributed by atoms with Gasteiger partial charge in [-0.1, -0.05) is 0 Å². The van der Waals surface area contributed by atoms with Crippen LogP contribution in [0.2, 0.25) is 0 Å². The molecule has 118 valence electrons. The number of amides is 2. The summed E-state index contributed by atoms with van der Waals surface area (Å²) < 4.78 is 18.4. The molecule has 0 saturated carbocycles. The number of ether oxygens (including phenoxy) is 1. The third-order valence-corrected chi connectivity index (χ3v) is 4.17. The van der Waals surface area contributed by atoms with Crippen LogP contribution in [0.1, 0.15) is 25.7 Å². The number of piperidine rings is 1. The number of fused-ring (bicyclic) bond motifs is 1. The molecule has 0 unspecified atom stereocenters. The molecule has 1 aromatic rings. The Labute approximate surface area is 128 Å². The predicted octanol–water partition coefficient (Wildman–Crippen LogP) is 1.93. The Bertz CT molecular complexity index is 561. The zero-order chi connectivity index (χ0) is 15.5. The number of anilines is 1. The van der Waals surface area contributed by atoms with Crippen LogP contribution in [0.4, 0.5) is 10.1 Å². The van der Waals surface area contributed by atoms with Gasteiger partial charge in [-0.2, -0.15) is 0 Å². The van der Waals surface area contributed by atoms with Gasteiger partial charge in [0.15, 0.2) is 0 Å².